The Balaban J connectivity index is 2.39. The monoisotopic (exact) mass is 172 g/mol. The Hall–Kier alpha value is -0.610. The topological polar surface area (TPSA) is 66.6 Å². The normalized spacial score (nSPS) is 22.4. The molecule has 1 saturated heterocycles. The van der Waals surface area contributed by atoms with Crippen LogP contribution in [-0.4, -0.2) is 41.1 Å². The van der Waals surface area contributed by atoms with Crippen molar-refractivity contribution >= 4 is 5.91 Å². The molecule has 1 amide bonds. The second kappa shape index (κ2) is 3.87. The van der Waals surface area contributed by atoms with Crippen molar-refractivity contribution in [3.63, 3.8) is 0 Å². The van der Waals surface area contributed by atoms with E-state index >= 15 is 0 Å². The molecule has 0 spiro atoms. The van der Waals surface area contributed by atoms with Crippen LogP contribution in [0.2, 0.25) is 0 Å². The SMILES string of the molecule is CC(N)C(=O)N1CCC(O)CC1. The van der Waals surface area contributed by atoms with E-state index < -0.39 is 6.04 Å². The highest BCUT2D eigenvalue weighted by Gasteiger charge is 2.22. The van der Waals surface area contributed by atoms with Gasteiger partial charge in [0.05, 0.1) is 12.1 Å². The Kier molecular flexibility index (Phi) is 3.05. The molecule has 1 fully saturated rings. The van der Waals surface area contributed by atoms with Crippen molar-refractivity contribution in [3.8, 4) is 0 Å². The molecule has 3 N–H and O–H groups in total. The van der Waals surface area contributed by atoms with Crippen molar-refractivity contribution in [1.29, 1.82) is 0 Å². The Morgan fingerprint density at radius 1 is 1.58 bits per heavy atom. The van der Waals surface area contributed by atoms with Gasteiger partial charge in [-0.25, -0.2) is 0 Å². The first-order valence-corrected chi connectivity index (χ1v) is 4.33. The van der Waals surface area contributed by atoms with Gasteiger partial charge < -0.3 is 15.7 Å². The molecule has 0 bridgehead atoms. The van der Waals surface area contributed by atoms with Crippen molar-refractivity contribution in [3.05, 3.63) is 0 Å². The summed E-state index contributed by atoms with van der Waals surface area (Å²) in [6.07, 6.45) is 1.12. The fourth-order valence-electron chi connectivity index (χ4n) is 1.37. The zero-order chi connectivity index (χ0) is 9.14. The minimum atomic E-state index is -0.416. The molecular weight excluding hydrogens is 156 g/mol. The molecule has 12 heavy (non-hydrogen) atoms. The van der Waals surface area contributed by atoms with Crippen LogP contribution in [0.4, 0.5) is 0 Å². The fourth-order valence-corrected chi connectivity index (χ4v) is 1.37. The molecule has 1 unspecified atom stereocenters. The highest BCUT2D eigenvalue weighted by Crippen LogP contribution is 2.10. The van der Waals surface area contributed by atoms with Gasteiger partial charge in [0.15, 0.2) is 0 Å². The van der Waals surface area contributed by atoms with Gasteiger partial charge >= 0.3 is 0 Å². The van der Waals surface area contributed by atoms with E-state index in [-0.39, 0.29) is 12.0 Å². The Bertz CT molecular complexity index is 162. The van der Waals surface area contributed by atoms with Crippen LogP contribution in [0.3, 0.4) is 0 Å². The van der Waals surface area contributed by atoms with Gasteiger partial charge in [-0.1, -0.05) is 0 Å². The van der Waals surface area contributed by atoms with E-state index in [9.17, 15) is 9.90 Å². The number of amides is 1. The number of carbonyl (C=O) groups is 1. The lowest BCUT2D eigenvalue weighted by molar-refractivity contribution is -0.134. The van der Waals surface area contributed by atoms with Crippen molar-refractivity contribution in [2.75, 3.05) is 13.1 Å². The summed E-state index contributed by atoms with van der Waals surface area (Å²) < 4.78 is 0. The maximum atomic E-state index is 11.3. The molecule has 0 aliphatic carbocycles. The van der Waals surface area contributed by atoms with E-state index in [2.05, 4.69) is 0 Å². The summed E-state index contributed by atoms with van der Waals surface area (Å²) in [5.41, 5.74) is 5.45. The van der Waals surface area contributed by atoms with Crippen molar-refractivity contribution in [2.24, 2.45) is 5.73 Å². The summed E-state index contributed by atoms with van der Waals surface area (Å²) in [6.45, 7) is 2.97. The number of aliphatic hydroxyl groups excluding tert-OH is 1. The minimum Gasteiger partial charge on any atom is -0.393 e. The van der Waals surface area contributed by atoms with Crippen LogP contribution >= 0.6 is 0 Å². The number of likely N-dealkylation sites (tertiary alicyclic amines) is 1. The van der Waals surface area contributed by atoms with Gasteiger partial charge in [-0.15, -0.1) is 0 Å². The third kappa shape index (κ3) is 2.19. The third-order valence-corrected chi connectivity index (χ3v) is 2.17. The van der Waals surface area contributed by atoms with E-state index in [0.717, 1.165) is 0 Å². The molecule has 1 rings (SSSR count). The predicted octanol–water partition coefficient (Wildman–Crippen LogP) is -0.683. The fraction of sp³-hybridized carbons (Fsp3) is 0.875. The number of aliphatic hydroxyl groups is 1. The maximum Gasteiger partial charge on any atom is 0.239 e. The van der Waals surface area contributed by atoms with Crippen LogP contribution in [0.1, 0.15) is 19.8 Å². The lowest BCUT2D eigenvalue weighted by Gasteiger charge is -2.30. The van der Waals surface area contributed by atoms with E-state index in [4.69, 9.17) is 5.73 Å². The smallest absolute Gasteiger partial charge is 0.239 e. The number of nitrogens with two attached hydrogens (primary N) is 1. The van der Waals surface area contributed by atoms with Gasteiger partial charge in [0.2, 0.25) is 5.91 Å². The van der Waals surface area contributed by atoms with Gasteiger partial charge in [-0.2, -0.15) is 0 Å². The van der Waals surface area contributed by atoms with Crippen LogP contribution < -0.4 is 5.73 Å². The third-order valence-electron chi connectivity index (χ3n) is 2.17. The molecule has 0 aromatic heterocycles. The molecule has 0 saturated carbocycles. The Labute approximate surface area is 72.3 Å². The average molecular weight is 172 g/mol. The summed E-state index contributed by atoms with van der Waals surface area (Å²) in [6, 6.07) is -0.416. The average Bonchev–Trinajstić information content (AvgIpc) is 2.04. The summed E-state index contributed by atoms with van der Waals surface area (Å²) in [4.78, 5) is 13.0. The molecule has 4 nitrogen and oxygen atoms in total. The van der Waals surface area contributed by atoms with Crippen molar-refractivity contribution in [1.82, 2.24) is 4.90 Å². The first-order chi connectivity index (χ1) is 5.61. The lowest BCUT2D eigenvalue weighted by atomic mass is 10.1. The van der Waals surface area contributed by atoms with E-state index in [1.54, 1.807) is 11.8 Å². The quantitative estimate of drug-likeness (QED) is 0.550. The first kappa shape index (κ1) is 9.48. The minimum absolute atomic E-state index is 0.0121. The molecule has 70 valence electrons. The van der Waals surface area contributed by atoms with Gasteiger partial charge in [-0.05, 0) is 19.8 Å². The van der Waals surface area contributed by atoms with Gasteiger partial charge in [0, 0.05) is 13.1 Å². The van der Waals surface area contributed by atoms with Crippen LogP contribution in [0.25, 0.3) is 0 Å². The highest BCUT2D eigenvalue weighted by atomic mass is 16.3. The number of nitrogens with zero attached hydrogens (tertiary/aromatic N) is 1. The summed E-state index contributed by atoms with van der Waals surface area (Å²) in [5.74, 6) is -0.0121. The summed E-state index contributed by atoms with van der Waals surface area (Å²) >= 11 is 0. The number of hydrogen-bond donors (Lipinski definition) is 2. The van der Waals surface area contributed by atoms with Gasteiger partial charge in [0.25, 0.3) is 0 Å². The Morgan fingerprint density at radius 3 is 2.50 bits per heavy atom. The molecule has 0 aromatic rings. The lowest BCUT2D eigenvalue weighted by Crippen LogP contribution is -2.46. The van der Waals surface area contributed by atoms with E-state index in [1.807, 2.05) is 0 Å². The van der Waals surface area contributed by atoms with Crippen LogP contribution in [0, 0.1) is 0 Å². The standard InChI is InChI=1S/C8H16N2O2/c1-6(9)8(12)10-4-2-7(11)3-5-10/h6-7,11H,2-5,9H2,1H3. The van der Waals surface area contributed by atoms with Crippen molar-refractivity contribution in [2.45, 2.75) is 31.9 Å². The molecule has 0 aromatic carbocycles. The van der Waals surface area contributed by atoms with Gasteiger partial charge in [-0.3, -0.25) is 4.79 Å². The molecule has 1 aliphatic rings. The molecular formula is C8H16N2O2. The molecule has 4 heteroatoms. The van der Waals surface area contributed by atoms with E-state index in [0.29, 0.717) is 25.9 Å². The van der Waals surface area contributed by atoms with Crippen molar-refractivity contribution < 1.29 is 9.90 Å². The summed E-state index contributed by atoms with van der Waals surface area (Å²) in [7, 11) is 0. The maximum absolute atomic E-state index is 11.3. The van der Waals surface area contributed by atoms with E-state index in [1.165, 1.54) is 0 Å². The first-order valence-electron chi connectivity index (χ1n) is 4.33. The number of piperidine rings is 1. The zero-order valence-electron chi connectivity index (χ0n) is 7.36. The van der Waals surface area contributed by atoms with Gasteiger partial charge in [0.1, 0.15) is 0 Å². The molecule has 1 heterocycles. The van der Waals surface area contributed by atoms with Crippen LogP contribution in [0.5, 0.6) is 0 Å². The Morgan fingerprint density at radius 2 is 2.08 bits per heavy atom. The second-order valence-electron chi connectivity index (χ2n) is 3.35. The highest BCUT2D eigenvalue weighted by molar-refractivity contribution is 5.81. The predicted molar refractivity (Wildman–Crippen MR) is 45.5 cm³/mol. The molecule has 1 aliphatic heterocycles. The second-order valence-corrected chi connectivity index (χ2v) is 3.35. The number of rotatable bonds is 1. The number of hydrogen-bond acceptors (Lipinski definition) is 3. The van der Waals surface area contributed by atoms with Crippen LogP contribution in [-0.2, 0) is 4.79 Å². The number of carbonyl (C=O) groups excluding carboxylic acids is 1. The van der Waals surface area contributed by atoms with Crippen LogP contribution in [0.15, 0.2) is 0 Å². The molecule has 1 atom stereocenters. The summed E-state index contributed by atoms with van der Waals surface area (Å²) in [5, 5.41) is 9.18. The molecule has 0 radical (unpaired) electrons. The largest absolute Gasteiger partial charge is 0.393 e. The zero-order valence-corrected chi connectivity index (χ0v) is 7.36.